The van der Waals surface area contributed by atoms with Gasteiger partial charge < -0.3 is 0 Å². The summed E-state index contributed by atoms with van der Waals surface area (Å²) in [6.07, 6.45) is 7.29. The van der Waals surface area contributed by atoms with Gasteiger partial charge in [-0.3, -0.25) is 0 Å². The molecular formula is C22H48P2Ti. The van der Waals surface area contributed by atoms with Gasteiger partial charge in [0, 0.05) is 0 Å². The van der Waals surface area contributed by atoms with Crippen LogP contribution in [0.2, 0.25) is 10.5 Å². The molecule has 0 nitrogen and oxygen atoms in total. The Morgan fingerprint density at radius 2 is 1.12 bits per heavy atom. The van der Waals surface area contributed by atoms with Crippen molar-refractivity contribution in [3.05, 3.63) is 0 Å². The topological polar surface area (TPSA) is 0 Å². The van der Waals surface area contributed by atoms with Crippen LogP contribution < -0.4 is 0 Å². The van der Waals surface area contributed by atoms with E-state index in [2.05, 4.69) is 65.8 Å². The number of rotatable bonds is 8. The SMILES string of the molecule is CCC(C)C1(C(C)CC)CC(PC(C)C)CC(PC(C)C)C1.[CH3][Ti][CH3]. The normalized spacial score (nSPS) is 30.1. The molecular weight excluding hydrogens is 374 g/mol. The molecule has 150 valence electrons. The van der Waals surface area contributed by atoms with E-state index >= 15 is 0 Å². The molecule has 1 fully saturated rings. The van der Waals surface area contributed by atoms with Crippen molar-refractivity contribution in [1.82, 2.24) is 0 Å². The van der Waals surface area contributed by atoms with Crippen LogP contribution >= 0.6 is 17.2 Å². The first kappa shape index (κ1) is 26.6. The summed E-state index contributed by atoms with van der Waals surface area (Å²) < 4.78 is 0. The van der Waals surface area contributed by atoms with Gasteiger partial charge in [0.25, 0.3) is 0 Å². The van der Waals surface area contributed by atoms with E-state index in [4.69, 9.17) is 0 Å². The summed E-state index contributed by atoms with van der Waals surface area (Å²) in [6.45, 7) is 19.7. The second-order valence-corrected chi connectivity index (χ2v) is 15.2. The molecule has 1 saturated carbocycles. The van der Waals surface area contributed by atoms with Crippen molar-refractivity contribution < 1.29 is 19.2 Å². The fraction of sp³-hybridized carbons (Fsp3) is 1.00. The van der Waals surface area contributed by atoms with E-state index in [0.717, 1.165) is 34.5 Å². The monoisotopic (exact) mass is 422 g/mol. The fourth-order valence-electron chi connectivity index (χ4n) is 4.81. The zero-order valence-corrected chi connectivity index (χ0v) is 22.6. The van der Waals surface area contributed by atoms with Crippen LogP contribution in [0.15, 0.2) is 0 Å². The molecule has 0 saturated heterocycles. The van der Waals surface area contributed by atoms with Gasteiger partial charge in [-0.05, 0) is 59.1 Å². The van der Waals surface area contributed by atoms with Crippen molar-refractivity contribution in [1.29, 1.82) is 0 Å². The summed E-state index contributed by atoms with van der Waals surface area (Å²) in [5.74, 6) is 1.78. The van der Waals surface area contributed by atoms with Crippen LogP contribution in [-0.4, -0.2) is 22.6 Å². The van der Waals surface area contributed by atoms with Gasteiger partial charge in [-0.1, -0.05) is 68.2 Å². The Bertz CT molecular complexity index is 300. The first-order chi connectivity index (χ1) is 11.7. The van der Waals surface area contributed by atoms with E-state index in [-0.39, 0.29) is 0 Å². The van der Waals surface area contributed by atoms with E-state index in [0.29, 0.717) is 24.6 Å². The van der Waals surface area contributed by atoms with Crippen molar-refractivity contribution >= 4 is 17.2 Å². The van der Waals surface area contributed by atoms with Gasteiger partial charge in [0.1, 0.15) is 0 Å². The summed E-state index contributed by atoms with van der Waals surface area (Å²) in [4.78, 5) is 0. The molecule has 1 aliphatic carbocycles. The van der Waals surface area contributed by atoms with Gasteiger partial charge in [0.05, 0.1) is 0 Å². The van der Waals surface area contributed by atoms with Crippen LogP contribution in [0.5, 0.6) is 0 Å². The van der Waals surface area contributed by atoms with Crippen LogP contribution in [-0.2, 0) is 19.2 Å². The van der Waals surface area contributed by atoms with Crippen LogP contribution in [0.4, 0.5) is 0 Å². The summed E-state index contributed by atoms with van der Waals surface area (Å²) in [6, 6.07) is 0. The third kappa shape index (κ3) is 9.08. The molecule has 6 unspecified atom stereocenters. The van der Waals surface area contributed by atoms with Crippen molar-refractivity contribution in [2.24, 2.45) is 17.3 Å². The summed E-state index contributed by atoms with van der Waals surface area (Å²) >= 11 is 0.500. The Hall–Kier alpha value is 1.57. The molecule has 0 amide bonds. The Labute approximate surface area is 173 Å². The predicted molar refractivity (Wildman–Crippen MR) is 121 cm³/mol. The number of hydrogen-bond acceptors (Lipinski definition) is 0. The average molecular weight is 422 g/mol. The first-order valence-electron chi connectivity index (χ1n) is 10.8. The Morgan fingerprint density at radius 3 is 1.36 bits per heavy atom. The molecule has 3 heteroatoms. The minimum atomic E-state index is 0.500. The fourth-order valence-corrected chi connectivity index (χ4v) is 8.77. The number of hydrogen-bond donors (Lipinski definition) is 0. The second kappa shape index (κ2) is 13.7. The van der Waals surface area contributed by atoms with Gasteiger partial charge in [-0.25, -0.2) is 0 Å². The Kier molecular flexibility index (Phi) is 14.6. The van der Waals surface area contributed by atoms with Gasteiger partial charge >= 0.3 is 29.6 Å². The molecule has 1 rings (SSSR count). The summed E-state index contributed by atoms with van der Waals surface area (Å²) in [5, 5.41) is 4.50. The second-order valence-electron chi connectivity index (χ2n) is 9.03. The Morgan fingerprint density at radius 1 is 0.800 bits per heavy atom. The van der Waals surface area contributed by atoms with Crippen molar-refractivity contribution in [3.63, 3.8) is 0 Å². The third-order valence-corrected chi connectivity index (χ3v) is 9.30. The zero-order chi connectivity index (χ0) is 19.6. The molecule has 0 N–H and O–H groups in total. The summed E-state index contributed by atoms with van der Waals surface area (Å²) in [7, 11) is 2.36. The van der Waals surface area contributed by atoms with Crippen molar-refractivity contribution in [3.8, 4) is 0 Å². The van der Waals surface area contributed by atoms with Crippen LogP contribution in [0.25, 0.3) is 0 Å². The van der Waals surface area contributed by atoms with Gasteiger partial charge in [-0.2, -0.15) is 0 Å². The predicted octanol–water partition coefficient (Wildman–Crippen LogP) is 8.33. The minimum absolute atomic E-state index is 0.500. The van der Waals surface area contributed by atoms with E-state index in [1.807, 2.05) is 0 Å². The maximum atomic E-state index is 2.56. The van der Waals surface area contributed by atoms with Crippen molar-refractivity contribution in [2.45, 2.75) is 121 Å². The molecule has 0 bridgehead atoms. The van der Waals surface area contributed by atoms with Gasteiger partial charge in [-0.15, -0.1) is 17.2 Å². The van der Waals surface area contributed by atoms with Crippen molar-refractivity contribution in [2.75, 3.05) is 0 Å². The van der Waals surface area contributed by atoms with E-state index in [1.54, 1.807) is 0 Å². The van der Waals surface area contributed by atoms with Crippen LogP contribution in [0.1, 0.15) is 87.5 Å². The van der Waals surface area contributed by atoms with Gasteiger partial charge in [0.15, 0.2) is 0 Å². The zero-order valence-electron chi connectivity index (χ0n) is 19.0. The molecule has 0 aromatic rings. The summed E-state index contributed by atoms with van der Waals surface area (Å²) in [5.41, 5.74) is 4.41. The van der Waals surface area contributed by atoms with Gasteiger partial charge in [0.2, 0.25) is 0 Å². The quantitative estimate of drug-likeness (QED) is 0.272. The average Bonchev–Trinajstić information content (AvgIpc) is 2.52. The molecule has 0 aromatic heterocycles. The standard InChI is InChI=1S/C20H42P2.2CH3.Ti/c1-9-16(7)20(17(8)10-2)12-18(21-14(3)4)11-19(13-20)22-15(5)6;;;/h14-19,21-22H,9-13H2,1-8H3;2*1H3;. The molecule has 0 aliphatic heterocycles. The van der Waals surface area contributed by atoms with Crippen LogP contribution in [0, 0.1) is 17.3 Å². The first-order valence-corrected chi connectivity index (χ1v) is 16.2. The Balaban J connectivity index is 0.00000178. The molecule has 1 aliphatic rings. The molecule has 0 aromatic carbocycles. The van der Waals surface area contributed by atoms with E-state index in [9.17, 15) is 0 Å². The van der Waals surface area contributed by atoms with Crippen LogP contribution in [0.3, 0.4) is 0 Å². The van der Waals surface area contributed by atoms with E-state index < -0.39 is 0 Å². The molecule has 25 heavy (non-hydrogen) atoms. The molecule has 0 heterocycles. The molecule has 0 radical (unpaired) electrons. The van der Waals surface area contributed by atoms with E-state index in [1.165, 1.54) is 49.3 Å². The maximum absolute atomic E-state index is 2.56. The third-order valence-electron chi connectivity index (χ3n) is 6.15. The molecule has 0 spiro atoms. The molecule has 6 atom stereocenters.